The minimum atomic E-state index is -0.375. The zero-order chi connectivity index (χ0) is 16.8. The molecule has 1 saturated heterocycles. The molecule has 1 heterocycles. The van der Waals surface area contributed by atoms with Gasteiger partial charge in [0.1, 0.15) is 0 Å². The Morgan fingerprint density at radius 3 is 2.57 bits per heavy atom. The molecule has 1 aromatic carbocycles. The van der Waals surface area contributed by atoms with Gasteiger partial charge >= 0.3 is 0 Å². The molecule has 1 aliphatic rings. The van der Waals surface area contributed by atoms with Crippen molar-refractivity contribution in [3.8, 4) is 0 Å². The van der Waals surface area contributed by atoms with Crippen molar-refractivity contribution in [2.45, 2.75) is 58.7 Å². The lowest BCUT2D eigenvalue weighted by Gasteiger charge is -2.33. The molecule has 4 heteroatoms. The molecule has 2 rings (SSSR count). The van der Waals surface area contributed by atoms with Crippen molar-refractivity contribution < 1.29 is 4.79 Å². The van der Waals surface area contributed by atoms with Crippen molar-refractivity contribution in [1.29, 1.82) is 0 Å². The molecule has 0 bridgehead atoms. The average molecular weight is 317 g/mol. The summed E-state index contributed by atoms with van der Waals surface area (Å²) in [7, 11) is 0. The number of piperidine rings is 1. The summed E-state index contributed by atoms with van der Waals surface area (Å²) >= 11 is 0. The number of benzene rings is 1. The molecule has 0 unspecified atom stereocenters. The van der Waals surface area contributed by atoms with Crippen LogP contribution in [0.3, 0.4) is 0 Å². The van der Waals surface area contributed by atoms with Gasteiger partial charge in [0, 0.05) is 25.7 Å². The van der Waals surface area contributed by atoms with Crippen LogP contribution in [0.5, 0.6) is 0 Å². The van der Waals surface area contributed by atoms with Gasteiger partial charge in [0.2, 0.25) is 5.91 Å². The summed E-state index contributed by atoms with van der Waals surface area (Å²) < 4.78 is 0. The fraction of sp³-hybridized carbons (Fsp3) is 0.632. The number of aryl methyl sites for hydroxylation is 1. The monoisotopic (exact) mass is 317 g/mol. The summed E-state index contributed by atoms with van der Waals surface area (Å²) in [5.74, 6) is 0.461. The van der Waals surface area contributed by atoms with Crippen LogP contribution in [0.15, 0.2) is 24.3 Å². The summed E-state index contributed by atoms with van der Waals surface area (Å²) in [4.78, 5) is 14.6. The second kappa shape index (κ2) is 8.46. The second-order valence-corrected chi connectivity index (χ2v) is 7.22. The molecule has 1 amide bonds. The maximum absolute atomic E-state index is 12.1. The molecule has 3 N–H and O–H groups in total. The number of hydrogen-bond donors (Lipinski definition) is 2. The fourth-order valence-electron chi connectivity index (χ4n) is 3.19. The third-order valence-corrected chi connectivity index (χ3v) is 4.65. The van der Waals surface area contributed by atoms with E-state index in [0.717, 1.165) is 38.9 Å². The molecule has 0 saturated carbocycles. The van der Waals surface area contributed by atoms with Gasteiger partial charge in [-0.1, -0.05) is 38.1 Å². The van der Waals surface area contributed by atoms with Gasteiger partial charge in [-0.2, -0.15) is 0 Å². The molecule has 1 atom stereocenters. The van der Waals surface area contributed by atoms with E-state index in [0.29, 0.717) is 5.92 Å². The molecule has 1 fully saturated rings. The number of carbonyl (C=O) groups is 1. The largest absolute Gasteiger partial charge is 0.352 e. The quantitative estimate of drug-likeness (QED) is 0.847. The Labute approximate surface area is 140 Å². The first kappa shape index (κ1) is 18.0. The van der Waals surface area contributed by atoms with Gasteiger partial charge in [-0.3, -0.25) is 9.69 Å². The number of nitrogens with one attached hydrogen (secondary N) is 1. The average Bonchev–Trinajstić information content (AvgIpc) is 2.50. The van der Waals surface area contributed by atoms with Gasteiger partial charge in [-0.25, -0.2) is 0 Å². The van der Waals surface area contributed by atoms with E-state index in [1.807, 2.05) is 0 Å². The standard InChI is InChI=1S/C19H31N3O/c1-14(2)12-18(20)19(23)21-17-8-10-22(11-9-17)13-16-7-5-4-6-15(16)3/h4-7,14,17-18H,8-13,20H2,1-3H3,(H,21,23)/t18-/m0/s1. The highest BCUT2D eigenvalue weighted by molar-refractivity contribution is 5.81. The van der Waals surface area contributed by atoms with E-state index in [4.69, 9.17) is 5.73 Å². The van der Waals surface area contributed by atoms with E-state index in [1.165, 1.54) is 11.1 Å². The Bertz CT molecular complexity index is 507. The smallest absolute Gasteiger partial charge is 0.237 e. The van der Waals surface area contributed by atoms with Crippen LogP contribution in [-0.4, -0.2) is 36.0 Å². The van der Waals surface area contributed by atoms with Crippen LogP contribution < -0.4 is 11.1 Å². The fourth-order valence-corrected chi connectivity index (χ4v) is 3.19. The summed E-state index contributed by atoms with van der Waals surface area (Å²) in [6.07, 6.45) is 2.76. The first-order valence-electron chi connectivity index (χ1n) is 8.78. The number of nitrogens with two attached hydrogens (primary N) is 1. The van der Waals surface area contributed by atoms with Gasteiger partial charge in [0.05, 0.1) is 6.04 Å². The molecule has 1 aromatic rings. The Morgan fingerprint density at radius 1 is 1.30 bits per heavy atom. The Hall–Kier alpha value is -1.39. The lowest BCUT2D eigenvalue weighted by atomic mass is 10.0. The predicted molar refractivity (Wildman–Crippen MR) is 95.1 cm³/mol. The Kier molecular flexibility index (Phi) is 6.60. The number of carbonyl (C=O) groups excluding carboxylic acids is 1. The van der Waals surface area contributed by atoms with Crippen molar-refractivity contribution >= 4 is 5.91 Å². The highest BCUT2D eigenvalue weighted by atomic mass is 16.2. The summed E-state index contributed by atoms with van der Waals surface area (Å²) in [5.41, 5.74) is 8.71. The maximum Gasteiger partial charge on any atom is 0.237 e. The minimum absolute atomic E-state index is 0.0102. The number of hydrogen-bond acceptors (Lipinski definition) is 3. The zero-order valence-electron chi connectivity index (χ0n) is 14.7. The van der Waals surface area contributed by atoms with Crippen molar-refractivity contribution in [3.63, 3.8) is 0 Å². The van der Waals surface area contributed by atoms with Crippen molar-refractivity contribution in [2.24, 2.45) is 11.7 Å². The van der Waals surface area contributed by atoms with Gasteiger partial charge in [-0.15, -0.1) is 0 Å². The normalized spacial score (nSPS) is 18.1. The third-order valence-electron chi connectivity index (χ3n) is 4.65. The van der Waals surface area contributed by atoms with Crippen LogP contribution in [0.4, 0.5) is 0 Å². The molecule has 0 radical (unpaired) electrons. The first-order chi connectivity index (χ1) is 11.0. The van der Waals surface area contributed by atoms with Gasteiger partial charge in [-0.05, 0) is 43.2 Å². The van der Waals surface area contributed by atoms with Gasteiger partial charge in [0.15, 0.2) is 0 Å². The molecular weight excluding hydrogens is 286 g/mol. The summed E-state index contributed by atoms with van der Waals surface area (Å²) in [6, 6.07) is 8.45. The van der Waals surface area contributed by atoms with E-state index >= 15 is 0 Å². The van der Waals surface area contributed by atoms with Crippen molar-refractivity contribution in [1.82, 2.24) is 10.2 Å². The van der Waals surface area contributed by atoms with E-state index < -0.39 is 0 Å². The van der Waals surface area contributed by atoms with E-state index in [2.05, 4.69) is 55.3 Å². The second-order valence-electron chi connectivity index (χ2n) is 7.22. The molecular formula is C19H31N3O. The first-order valence-corrected chi connectivity index (χ1v) is 8.78. The lowest BCUT2D eigenvalue weighted by molar-refractivity contribution is -0.123. The third kappa shape index (κ3) is 5.63. The number of nitrogens with zero attached hydrogens (tertiary/aromatic N) is 1. The zero-order valence-corrected chi connectivity index (χ0v) is 14.7. The lowest BCUT2D eigenvalue weighted by Crippen LogP contribution is -2.49. The highest BCUT2D eigenvalue weighted by Gasteiger charge is 2.23. The molecule has 1 aliphatic heterocycles. The Balaban J connectivity index is 1.76. The van der Waals surface area contributed by atoms with Crippen LogP contribution >= 0.6 is 0 Å². The highest BCUT2D eigenvalue weighted by Crippen LogP contribution is 2.16. The Morgan fingerprint density at radius 2 is 1.96 bits per heavy atom. The molecule has 4 nitrogen and oxygen atoms in total. The van der Waals surface area contributed by atoms with Crippen LogP contribution in [0, 0.1) is 12.8 Å². The molecule has 0 aromatic heterocycles. The number of rotatable bonds is 6. The predicted octanol–water partition coefficient (Wildman–Crippen LogP) is 2.45. The summed E-state index contributed by atoms with van der Waals surface area (Å²) in [5, 5.41) is 3.13. The van der Waals surface area contributed by atoms with E-state index in [9.17, 15) is 4.79 Å². The molecule has 0 aliphatic carbocycles. The van der Waals surface area contributed by atoms with Crippen molar-refractivity contribution in [2.75, 3.05) is 13.1 Å². The van der Waals surface area contributed by atoms with Crippen LogP contribution in [0.2, 0.25) is 0 Å². The number of amides is 1. The molecule has 128 valence electrons. The van der Waals surface area contributed by atoms with Crippen LogP contribution in [-0.2, 0) is 11.3 Å². The van der Waals surface area contributed by atoms with Crippen LogP contribution in [0.25, 0.3) is 0 Å². The van der Waals surface area contributed by atoms with Crippen molar-refractivity contribution in [3.05, 3.63) is 35.4 Å². The topological polar surface area (TPSA) is 58.4 Å². The maximum atomic E-state index is 12.1. The van der Waals surface area contributed by atoms with E-state index in [-0.39, 0.29) is 18.0 Å². The SMILES string of the molecule is Cc1ccccc1CN1CCC(NC(=O)[C@@H](N)CC(C)C)CC1. The van der Waals surface area contributed by atoms with Crippen LogP contribution in [0.1, 0.15) is 44.2 Å². The van der Waals surface area contributed by atoms with Gasteiger partial charge < -0.3 is 11.1 Å². The molecule has 0 spiro atoms. The minimum Gasteiger partial charge on any atom is -0.352 e. The molecule has 23 heavy (non-hydrogen) atoms. The van der Waals surface area contributed by atoms with Gasteiger partial charge in [0.25, 0.3) is 0 Å². The summed E-state index contributed by atoms with van der Waals surface area (Å²) in [6.45, 7) is 9.41. The van der Waals surface area contributed by atoms with E-state index in [1.54, 1.807) is 0 Å². The number of likely N-dealkylation sites (tertiary alicyclic amines) is 1.